The number of hydrogen-bond acceptors (Lipinski definition) is 2. The predicted molar refractivity (Wildman–Crippen MR) is 93.9 cm³/mol. The van der Waals surface area contributed by atoms with Gasteiger partial charge in [-0.15, -0.1) is 24.0 Å². The van der Waals surface area contributed by atoms with Gasteiger partial charge in [0.25, 0.3) is 0 Å². The van der Waals surface area contributed by atoms with Crippen LogP contribution in [0.3, 0.4) is 0 Å². The molecule has 1 fully saturated rings. The summed E-state index contributed by atoms with van der Waals surface area (Å²) in [5.74, 6) is -0.119. The Hall–Kier alpha value is -0.980. The van der Waals surface area contributed by atoms with Crippen molar-refractivity contribution < 1.29 is 4.39 Å². The van der Waals surface area contributed by atoms with Gasteiger partial charge < -0.3 is 0 Å². The van der Waals surface area contributed by atoms with Gasteiger partial charge in [-0.2, -0.15) is 0 Å². The van der Waals surface area contributed by atoms with Gasteiger partial charge in [-0.05, 0) is 18.1 Å². The molecule has 0 bridgehead atoms. The van der Waals surface area contributed by atoms with Gasteiger partial charge in [-0.25, -0.2) is 14.4 Å². The Kier molecular flexibility index (Phi) is 5.35. The van der Waals surface area contributed by atoms with Crippen molar-refractivity contribution in [3.8, 4) is 0 Å². The summed E-state index contributed by atoms with van der Waals surface area (Å²) in [6, 6.07) is 17.9. The Bertz CT molecular complexity index is 590. The Morgan fingerprint density at radius 2 is 1.43 bits per heavy atom. The van der Waals surface area contributed by atoms with Gasteiger partial charge >= 0.3 is 0 Å². The fourth-order valence-corrected chi connectivity index (χ4v) is 3.06. The molecule has 21 heavy (non-hydrogen) atoms. The summed E-state index contributed by atoms with van der Waals surface area (Å²) >= 11 is 0. The van der Waals surface area contributed by atoms with Gasteiger partial charge in [-0.1, -0.05) is 48.5 Å². The van der Waals surface area contributed by atoms with Crippen LogP contribution in [0.4, 0.5) is 4.39 Å². The maximum absolute atomic E-state index is 14.0. The monoisotopic (exact) mass is 398 g/mol. The Labute approximate surface area is 142 Å². The molecule has 0 aromatic heterocycles. The third-order valence-corrected chi connectivity index (χ3v) is 4.29. The highest BCUT2D eigenvalue weighted by molar-refractivity contribution is 14.0. The standard InChI is InChI=1S/C17H19FN2.HI/c1-19-16(13-8-4-3-5-9-13)12-17(20(19)2)14-10-6-7-11-15(14)18;/h3-11,16-17H,12H2,1-2H3;1H. The molecule has 2 aromatic carbocycles. The lowest BCUT2D eigenvalue weighted by molar-refractivity contribution is 0.0244. The molecule has 2 atom stereocenters. The molecule has 1 saturated heterocycles. The minimum atomic E-state index is -0.119. The van der Waals surface area contributed by atoms with E-state index >= 15 is 0 Å². The molecule has 112 valence electrons. The molecule has 0 amide bonds. The molecule has 1 heterocycles. The molecule has 2 unspecified atom stereocenters. The molecule has 3 rings (SSSR count). The van der Waals surface area contributed by atoms with Crippen molar-refractivity contribution in [3.05, 3.63) is 71.5 Å². The normalized spacial score (nSPS) is 23.0. The zero-order valence-electron chi connectivity index (χ0n) is 12.2. The molecule has 0 aliphatic carbocycles. The van der Waals surface area contributed by atoms with E-state index in [4.69, 9.17) is 0 Å². The highest BCUT2D eigenvalue weighted by Gasteiger charge is 2.37. The van der Waals surface area contributed by atoms with Gasteiger partial charge in [-0.3, -0.25) is 0 Å². The summed E-state index contributed by atoms with van der Waals surface area (Å²) in [5.41, 5.74) is 2.06. The Balaban J connectivity index is 0.00000161. The van der Waals surface area contributed by atoms with E-state index in [0.717, 1.165) is 12.0 Å². The molecule has 0 spiro atoms. The summed E-state index contributed by atoms with van der Waals surface area (Å²) in [7, 11) is 4.10. The van der Waals surface area contributed by atoms with Gasteiger partial charge in [0, 0.05) is 19.7 Å². The van der Waals surface area contributed by atoms with Crippen molar-refractivity contribution in [1.82, 2.24) is 10.0 Å². The van der Waals surface area contributed by atoms with Crippen molar-refractivity contribution in [2.75, 3.05) is 14.1 Å². The SMILES string of the molecule is CN1C(c2ccccc2)CC(c2ccccc2F)N1C.I. The first-order chi connectivity index (χ1) is 9.68. The van der Waals surface area contributed by atoms with E-state index in [0.29, 0.717) is 6.04 Å². The molecular weight excluding hydrogens is 378 g/mol. The van der Waals surface area contributed by atoms with Gasteiger partial charge in [0.15, 0.2) is 0 Å². The first-order valence-corrected chi connectivity index (χ1v) is 6.93. The van der Waals surface area contributed by atoms with E-state index in [1.807, 2.05) is 25.2 Å². The molecule has 1 aliphatic heterocycles. The highest BCUT2D eigenvalue weighted by Crippen LogP contribution is 2.42. The van der Waals surface area contributed by atoms with Crippen LogP contribution in [-0.4, -0.2) is 24.1 Å². The number of hydrazine groups is 1. The predicted octanol–water partition coefficient (Wildman–Crippen LogP) is 4.41. The molecular formula is C17H20FIN2. The highest BCUT2D eigenvalue weighted by atomic mass is 127. The number of rotatable bonds is 2. The van der Waals surface area contributed by atoms with Gasteiger partial charge in [0.1, 0.15) is 5.82 Å². The first-order valence-electron chi connectivity index (χ1n) is 6.93. The van der Waals surface area contributed by atoms with Crippen LogP contribution in [0.1, 0.15) is 29.6 Å². The fourth-order valence-electron chi connectivity index (χ4n) is 3.06. The summed E-state index contributed by atoms with van der Waals surface area (Å²) in [6.07, 6.45) is 0.901. The summed E-state index contributed by atoms with van der Waals surface area (Å²) < 4.78 is 14.0. The number of hydrogen-bond donors (Lipinski definition) is 0. The minimum Gasteiger partial charge on any atom is -0.237 e. The zero-order valence-corrected chi connectivity index (χ0v) is 14.6. The quantitative estimate of drug-likeness (QED) is 0.692. The van der Waals surface area contributed by atoms with Crippen LogP contribution >= 0.6 is 24.0 Å². The lowest BCUT2D eigenvalue weighted by Crippen LogP contribution is -2.32. The first kappa shape index (κ1) is 16.4. The second-order valence-electron chi connectivity index (χ2n) is 5.35. The Morgan fingerprint density at radius 3 is 2.10 bits per heavy atom. The molecule has 2 aromatic rings. The van der Waals surface area contributed by atoms with Gasteiger partial charge in [0.2, 0.25) is 0 Å². The summed E-state index contributed by atoms with van der Waals surface area (Å²) in [6.45, 7) is 0. The Morgan fingerprint density at radius 1 is 0.857 bits per heavy atom. The maximum atomic E-state index is 14.0. The maximum Gasteiger partial charge on any atom is 0.128 e. The van der Waals surface area contributed by atoms with Crippen LogP contribution in [-0.2, 0) is 0 Å². The second kappa shape index (κ2) is 6.85. The lowest BCUT2D eigenvalue weighted by atomic mass is 9.97. The summed E-state index contributed by atoms with van der Waals surface area (Å²) in [5, 5.41) is 4.34. The molecule has 0 saturated carbocycles. The average Bonchev–Trinajstić information content (AvgIpc) is 2.77. The van der Waals surface area contributed by atoms with E-state index in [-0.39, 0.29) is 35.8 Å². The van der Waals surface area contributed by atoms with Crippen molar-refractivity contribution in [1.29, 1.82) is 0 Å². The van der Waals surface area contributed by atoms with Crippen LogP contribution < -0.4 is 0 Å². The molecule has 1 aliphatic rings. The topological polar surface area (TPSA) is 6.48 Å². The van der Waals surface area contributed by atoms with Crippen molar-refractivity contribution in [2.24, 2.45) is 0 Å². The van der Waals surface area contributed by atoms with E-state index in [1.54, 1.807) is 12.1 Å². The zero-order chi connectivity index (χ0) is 14.1. The van der Waals surface area contributed by atoms with Crippen LogP contribution in [0.15, 0.2) is 54.6 Å². The van der Waals surface area contributed by atoms with Crippen LogP contribution in [0, 0.1) is 5.82 Å². The summed E-state index contributed by atoms with van der Waals surface area (Å²) in [4.78, 5) is 0. The number of halogens is 2. The molecule has 0 radical (unpaired) electrons. The fraction of sp³-hybridized carbons (Fsp3) is 0.294. The lowest BCUT2D eigenvalue weighted by Gasteiger charge is -2.28. The van der Waals surface area contributed by atoms with E-state index in [1.165, 1.54) is 5.56 Å². The second-order valence-corrected chi connectivity index (χ2v) is 5.35. The number of benzene rings is 2. The third-order valence-electron chi connectivity index (χ3n) is 4.29. The van der Waals surface area contributed by atoms with E-state index < -0.39 is 0 Å². The van der Waals surface area contributed by atoms with Gasteiger partial charge in [0.05, 0.1) is 12.1 Å². The van der Waals surface area contributed by atoms with Crippen LogP contribution in [0.5, 0.6) is 0 Å². The van der Waals surface area contributed by atoms with Crippen LogP contribution in [0.25, 0.3) is 0 Å². The van der Waals surface area contributed by atoms with Crippen LogP contribution in [0.2, 0.25) is 0 Å². The average molecular weight is 398 g/mol. The molecule has 2 nitrogen and oxygen atoms in total. The molecule has 4 heteroatoms. The largest absolute Gasteiger partial charge is 0.237 e. The third kappa shape index (κ3) is 3.12. The minimum absolute atomic E-state index is 0. The smallest absolute Gasteiger partial charge is 0.128 e. The van der Waals surface area contributed by atoms with Crippen molar-refractivity contribution in [2.45, 2.75) is 18.5 Å². The van der Waals surface area contributed by atoms with E-state index in [2.05, 4.69) is 41.3 Å². The molecule has 0 N–H and O–H groups in total. The van der Waals surface area contributed by atoms with E-state index in [9.17, 15) is 4.39 Å². The van der Waals surface area contributed by atoms with Crippen molar-refractivity contribution >= 4 is 24.0 Å². The number of nitrogens with zero attached hydrogens (tertiary/aromatic N) is 2. The van der Waals surface area contributed by atoms with Crippen molar-refractivity contribution in [3.63, 3.8) is 0 Å².